The van der Waals surface area contributed by atoms with E-state index < -0.39 is 5.82 Å². The molecule has 0 fully saturated rings. The summed E-state index contributed by atoms with van der Waals surface area (Å²) in [5.74, 6) is -0.408. The molecule has 1 aromatic carbocycles. The predicted octanol–water partition coefficient (Wildman–Crippen LogP) is 1.22. The second-order valence-corrected chi connectivity index (χ2v) is 3.67. The molecule has 1 aromatic heterocycles. The van der Waals surface area contributed by atoms with E-state index in [2.05, 4.69) is 4.98 Å². The highest BCUT2D eigenvalue weighted by molar-refractivity contribution is 6.33. The Balaban J connectivity index is 2.73. The van der Waals surface area contributed by atoms with Gasteiger partial charge in [0.2, 0.25) is 0 Å². The van der Waals surface area contributed by atoms with Crippen LogP contribution in [0.3, 0.4) is 0 Å². The van der Waals surface area contributed by atoms with Crippen molar-refractivity contribution in [2.45, 2.75) is 13.3 Å². The first-order valence-corrected chi connectivity index (χ1v) is 4.90. The first kappa shape index (κ1) is 10.8. The molecule has 0 aliphatic carbocycles. The molecule has 0 spiro atoms. The maximum Gasteiger partial charge on any atom is 0.132 e. The lowest BCUT2D eigenvalue weighted by Gasteiger charge is -2.06. The Kier molecular flexibility index (Phi) is 2.73. The minimum Gasteiger partial charge on any atom is -0.303 e. The average Bonchev–Trinajstić information content (AvgIpc) is 2.20. The number of halogens is 1. The van der Waals surface area contributed by atoms with Crippen molar-refractivity contribution in [1.82, 2.24) is 4.98 Å². The average molecular weight is 213 g/mol. The molecule has 0 N–H and O–H groups in total. The molecule has 16 heavy (non-hydrogen) atoms. The van der Waals surface area contributed by atoms with E-state index in [1.165, 1.54) is 6.07 Å². The summed E-state index contributed by atoms with van der Waals surface area (Å²) in [6.07, 6.45) is 1.03. The Morgan fingerprint density at radius 2 is 2.19 bits per heavy atom. The zero-order chi connectivity index (χ0) is 11.7. The molecule has 2 radical (unpaired) electrons. The van der Waals surface area contributed by atoms with Crippen LogP contribution in [0.25, 0.3) is 10.9 Å². The Morgan fingerprint density at radius 1 is 1.44 bits per heavy atom. The summed E-state index contributed by atoms with van der Waals surface area (Å²) in [7, 11) is 5.54. The van der Waals surface area contributed by atoms with Gasteiger partial charge in [0.1, 0.15) is 19.9 Å². The molecule has 0 bridgehead atoms. The third-order valence-electron chi connectivity index (χ3n) is 2.50. The van der Waals surface area contributed by atoms with Crippen LogP contribution >= 0.6 is 0 Å². The van der Waals surface area contributed by atoms with E-state index in [1.807, 2.05) is 0 Å². The molecule has 2 nitrogen and oxygen atoms in total. The lowest BCUT2D eigenvalue weighted by atomic mass is 9.94. The van der Waals surface area contributed by atoms with E-state index >= 15 is 0 Å². The lowest BCUT2D eigenvalue weighted by molar-refractivity contribution is -0.107. The SMILES string of the molecule is [B]c1cc(F)c2cc(CC=O)c(C)nc2c1. The van der Waals surface area contributed by atoms with Gasteiger partial charge in [-0.3, -0.25) is 4.98 Å². The molecule has 0 aliphatic heterocycles. The molecular weight excluding hydrogens is 204 g/mol. The van der Waals surface area contributed by atoms with Gasteiger partial charge in [-0.05, 0) is 30.7 Å². The molecule has 0 saturated carbocycles. The summed E-state index contributed by atoms with van der Waals surface area (Å²) in [5.41, 5.74) is 2.33. The standard InChI is InChI=1S/C12H9BFNO/c1-7-8(2-3-16)4-10-11(14)5-9(13)6-12(10)15-7/h3-6H,2H2,1H3. The molecule has 0 aliphatic rings. The second kappa shape index (κ2) is 4.04. The molecule has 2 rings (SSSR count). The number of nitrogens with zero attached hydrogens (tertiary/aromatic N) is 1. The fourth-order valence-electron chi connectivity index (χ4n) is 1.69. The third-order valence-corrected chi connectivity index (χ3v) is 2.50. The number of carbonyl (C=O) groups is 1. The fourth-order valence-corrected chi connectivity index (χ4v) is 1.69. The fraction of sp³-hybridized carbons (Fsp3) is 0.167. The summed E-state index contributed by atoms with van der Waals surface area (Å²) < 4.78 is 13.6. The maximum atomic E-state index is 13.6. The number of hydrogen-bond donors (Lipinski definition) is 0. The van der Waals surface area contributed by atoms with Gasteiger partial charge in [0, 0.05) is 17.5 Å². The zero-order valence-electron chi connectivity index (χ0n) is 8.83. The highest BCUT2D eigenvalue weighted by Crippen LogP contribution is 2.18. The number of fused-ring (bicyclic) bond motifs is 1. The van der Waals surface area contributed by atoms with Crippen LogP contribution < -0.4 is 5.46 Å². The van der Waals surface area contributed by atoms with E-state index in [4.69, 9.17) is 7.85 Å². The van der Waals surface area contributed by atoms with Crippen molar-refractivity contribution in [2.24, 2.45) is 0 Å². The molecule has 2 aromatic rings. The van der Waals surface area contributed by atoms with Gasteiger partial charge in [-0.1, -0.05) is 5.46 Å². The van der Waals surface area contributed by atoms with Crippen LogP contribution in [0, 0.1) is 12.7 Å². The van der Waals surface area contributed by atoms with Gasteiger partial charge < -0.3 is 4.79 Å². The quantitative estimate of drug-likeness (QED) is 0.554. The van der Waals surface area contributed by atoms with Crippen molar-refractivity contribution < 1.29 is 9.18 Å². The molecule has 0 amide bonds. The number of aryl methyl sites for hydroxylation is 1. The van der Waals surface area contributed by atoms with Gasteiger partial charge in [-0.25, -0.2) is 4.39 Å². The molecule has 0 unspecified atom stereocenters. The van der Waals surface area contributed by atoms with Crippen LogP contribution in [0.1, 0.15) is 11.3 Å². The van der Waals surface area contributed by atoms with E-state index in [0.29, 0.717) is 16.4 Å². The Morgan fingerprint density at radius 3 is 2.88 bits per heavy atom. The summed E-state index contributed by atoms with van der Waals surface area (Å²) in [6, 6.07) is 4.53. The van der Waals surface area contributed by atoms with Gasteiger partial charge in [0.15, 0.2) is 0 Å². The van der Waals surface area contributed by atoms with Gasteiger partial charge in [-0.15, -0.1) is 0 Å². The Labute approximate surface area is 93.9 Å². The minimum atomic E-state index is -0.408. The molecule has 78 valence electrons. The number of benzene rings is 1. The molecule has 1 heterocycles. The lowest BCUT2D eigenvalue weighted by Crippen LogP contribution is -2.05. The van der Waals surface area contributed by atoms with Crippen LogP contribution in [0.4, 0.5) is 4.39 Å². The van der Waals surface area contributed by atoms with E-state index in [1.54, 1.807) is 19.1 Å². The Hall–Kier alpha value is -1.71. The number of aromatic nitrogens is 1. The summed E-state index contributed by atoms with van der Waals surface area (Å²) >= 11 is 0. The van der Waals surface area contributed by atoms with Gasteiger partial charge in [0.05, 0.1) is 5.52 Å². The van der Waals surface area contributed by atoms with Crippen LogP contribution in [-0.4, -0.2) is 19.1 Å². The third kappa shape index (κ3) is 1.83. The first-order valence-electron chi connectivity index (χ1n) is 4.90. The number of carbonyl (C=O) groups excluding carboxylic acids is 1. The van der Waals surface area contributed by atoms with E-state index in [9.17, 15) is 9.18 Å². The van der Waals surface area contributed by atoms with E-state index in [-0.39, 0.29) is 6.42 Å². The van der Waals surface area contributed by atoms with Crippen molar-refractivity contribution in [3.8, 4) is 0 Å². The molecular formula is C12H9BFNO. The monoisotopic (exact) mass is 213 g/mol. The molecule has 0 saturated heterocycles. The predicted molar refractivity (Wildman–Crippen MR) is 61.6 cm³/mol. The summed E-state index contributed by atoms with van der Waals surface area (Å²) in [5, 5.41) is 0.400. The number of aldehydes is 1. The van der Waals surface area contributed by atoms with Gasteiger partial charge in [-0.2, -0.15) is 0 Å². The van der Waals surface area contributed by atoms with Crippen LogP contribution in [0.5, 0.6) is 0 Å². The maximum absolute atomic E-state index is 13.6. The summed E-state index contributed by atoms with van der Waals surface area (Å²) in [6.45, 7) is 1.79. The first-order chi connectivity index (χ1) is 7.61. The van der Waals surface area contributed by atoms with Crippen molar-refractivity contribution in [3.63, 3.8) is 0 Å². The van der Waals surface area contributed by atoms with E-state index in [0.717, 1.165) is 17.5 Å². The van der Waals surface area contributed by atoms with Crippen LogP contribution in [0.15, 0.2) is 18.2 Å². The van der Waals surface area contributed by atoms with Crippen molar-refractivity contribution in [1.29, 1.82) is 0 Å². The van der Waals surface area contributed by atoms with Crippen molar-refractivity contribution in [3.05, 3.63) is 35.3 Å². The van der Waals surface area contributed by atoms with Gasteiger partial charge >= 0.3 is 0 Å². The second-order valence-electron chi connectivity index (χ2n) is 3.67. The summed E-state index contributed by atoms with van der Waals surface area (Å²) in [4.78, 5) is 14.7. The largest absolute Gasteiger partial charge is 0.303 e. The van der Waals surface area contributed by atoms with Crippen molar-refractivity contribution >= 4 is 30.5 Å². The minimum absolute atomic E-state index is 0.249. The molecule has 4 heteroatoms. The van der Waals surface area contributed by atoms with Crippen molar-refractivity contribution in [2.75, 3.05) is 0 Å². The Bertz CT molecular complexity index is 568. The number of hydrogen-bond acceptors (Lipinski definition) is 2. The highest BCUT2D eigenvalue weighted by atomic mass is 19.1. The zero-order valence-corrected chi connectivity index (χ0v) is 8.83. The number of rotatable bonds is 2. The number of pyridine rings is 1. The smallest absolute Gasteiger partial charge is 0.132 e. The topological polar surface area (TPSA) is 30.0 Å². The highest BCUT2D eigenvalue weighted by Gasteiger charge is 2.07. The van der Waals surface area contributed by atoms with Crippen LogP contribution in [0.2, 0.25) is 0 Å². The normalized spacial score (nSPS) is 10.6. The molecule has 0 atom stereocenters. The van der Waals surface area contributed by atoms with Crippen LogP contribution in [-0.2, 0) is 11.2 Å². The van der Waals surface area contributed by atoms with Gasteiger partial charge in [0.25, 0.3) is 0 Å².